The van der Waals surface area contributed by atoms with E-state index in [4.69, 9.17) is 14.0 Å². The molecule has 146 valence electrons. The lowest BCUT2D eigenvalue weighted by atomic mass is 10.2. The molecule has 0 spiro atoms. The minimum Gasteiger partial charge on any atom is -0.497 e. The molecule has 0 saturated heterocycles. The van der Waals surface area contributed by atoms with Gasteiger partial charge >= 0.3 is 0 Å². The van der Waals surface area contributed by atoms with Crippen molar-refractivity contribution in [1.82, 2.24) is 15.0 Å². The van der Waals surface area contributed by atoms with Crippen LogP contribution in [0.25, 0.3) is 11.4 Å². The summed E-state index contributed by atoms with van der Waals surface area (Å²) < 4.78 is 16.3. The molecule has 0 saturated carbocycles. The topological polar surface area (TPSA) is 77.7 Å². The molecule has 1 amide bonds. The highest BCUT2D eigenvalue weighted by molar-refractivity contribution is 5.81. The van der Waals surface area contributed by atoms with Gasteiger partial charge < -0.3 is 18.9 Å². The van der Waals surface area contributed by atoms with Crippen LogP contribution in [0.3, 0.4) is 0 Å². The van der Waals surface area contributed by atoms with Crippen molar-refractivity contribution in [3.8, 4) is 22.9 Å². The van der Waals surface area contributed by atoms with Crippen LogP contribution in [0.15, 0.2) is 59.1 Å². The summed E-state index contributed by atoms with van der Waals surface area (Å²) in [6.45, 7) is 2.11. The van der Waals surface area contributed by atoms with E-state index in [1.54, 1.807) is 38.4 Å². The van der Waals surface area contributed by atoms with Gasteiger partial charge in [0.25, 0.3) is 5.91 Å². The molecule has 7 heteroatoms. The van der Waals surface area contributed by atoms with E-state index in [2.05, 4.69) is 10.1 Å². The lowest BCUT2D eigenvalue weighted by Gasteiger charge is -2.22. The number of benzene rings is 2. The molecule has 28 heavy (non-hydrogen) atoms. The number of hydrogen-bond donors (Lipinski definition) is 0. The molecule has 0 fully saturated rings. The molecule has 1 unspecified atom stereocenters. The fraction of sp³-hybridized carbons (Fsp3) is 0.286. The van der Waals surface area contributed by atoms with Gasteiger partial charge in [0, 0.05) is 12.6 Å². The molecule has 0 aliphatic heterocycles. The molecule has 1 aromatic heterocycles. The maximum Gasteiger partial charge on any atom is 0.263 e. The number of likely N-dealkylation sites (N-methyl/N-ethyl adjacent to an activating group) is 1. The van der Waals surface area contributed by atoms with Crippen LogP contribution in [0.5, 0.6) is 11.5 Å². The van der Waals surface area contributed by atoms with E-state index >= 15 is 0 Å². The third-order valence-electron chi connectivity index (χ3n) is 4.23. The van der Waals surface area contributed by atoms with Gasteiger partial charge in [-0.3, -0.25) is 4.79 Å². The molecule has 7 nitrogen and oxygen atoms in total. The summed E-state index contributed by atoms with van der Waals surface area (Å²) in [6.07, 6.45) is -0.0659. The van der Waals surface area contributed by atoms with Crippen molar-refractivity contribution in [2.75, 3.05) is 14.2 Å². The Kier molecular flexibility index (Phi) is 6.26. The second-order valence-corrected chi connectivity index (χ2v) is 6.26. The van der Waals surface area contributed by atoms with Crippen molar-refractivity contribution < 1.29 is 18.8 Å². The van der Waals surface area contributed by atoms with Crippen molar-refractivity contribution in [2.24, 2.45) is 0 Å². The average Bonchev–Trinajstić information content (AvgIpc) is 3.21. The maximum absolute atomic E-state index is 12.8. The molecule has 0 N–H and O–H groups in total. The summed E-state index contributed by atoms with van der Waals surface area (Å²) in [5, 5.41) is 3.98. The first kappa shape index (κ1) is 19.4. The van der Waals surface area contributed by atoms with Gasteiger partial charge in [0.05, 0.1) is 13.7 Å². The van der Waals surface area contributed by atoms with Crippen molar-refractivity contribution in [1.29, 1.82) is 0 Å². The number of rotatable bonds is 8. The van der Waals surface area contributed by atoms with Crippen LogP contribution in [-0.2, 0) is 11.3 Å². The fourth-order valence-corrected chi connectivity index (χ4v) is 2.68. The summed E-state index contributed by atoms with van der Waals surface area (Å²) >= 11 is 0. The van der Waals surface area contributed by atoms with Gasteiger partial charge in [0.2, 0.25) is 11.7 Å². The van der Waals surface area contributed by atoms with Crippen LogP contribution in [0, 0.1) is 0 Å². The summed E-state index contributed by atoms with van der Waals surface area (Å²) in [4.78, 5) is 18.7. The zero-order valence-corrected chi connectivity index (χ0v) is 16.2. The Morgan fingerprint density at radius 3 is 2.43 bits per heavy atom. The summed E-state index contributed by atoms with van der Waals surface area (Å²) in [6, 6.07) is 16.7. The van der Waals surface area contributed by atoms with Crippen molar-refractivity contribution in [3.63, 3.8) is 0 Å². The minimum atomic E-state index is -0.602. The number of ether oxygens (including phenoxy) is 2. The lowest BCUT2D eigenvalue weighted by molar-refractivity contribution is -0.138. The highest BCUT2D eigenvalue weighted by Crippen LogP contribution is 2.20. The number of methoxy groups -OCH3 is 1. The van der Waals surface area contributed by atoms with E-state index in [9.17, 15) is 4.79 Å². The first-order valence-electron chi connectivity index (χ1n) is 9.04. The smallest absolute Gasteiger partial charge is 0.263 e. The number of carbonyl (C=O) groups is 1. The molecule has 0 radical (unpaired) electrons. The first-order valence-corrected chi connectivity index (χ1v) is 9.04. The van der Waals surface area contributed by atoms with Gasteiger partial charge in [-0.2, -0.15) is 4.98 Å². The highest BCUT2D eigenvalue weighted by Gasteiger charge is 2.24. The van der Waals surface area contributed by atoms with E-state index in [1.165, 1.54) is 4.90 Å². The maximum atomic E-state index is 12.8. The Morgan fingerprint density at radius 2 is 1.79 bits per heavy atom. The van der Waals surface area contributed by atoms with Crippen LogP contribution < -0.4 is 9.47 Å². The highest BCUT2D eigenvalue weighted by atomic mass is 16.5. The van der Waals surface area contributed by atoms with Gasteiger partial charge in [-0.15, -0.1) is 0 Å². The van der Waals surface area contributed by atoms with E-state index in [0.717, 1.165) is 11.3 Å². The number of amides is 1. The quantitative estimate of drug-likeness (QED) is 0.594. The molecular formula is C21H23N3O4. The van der Waals surface area contributed by atoms with Gasteiger partial charge in [-0.1, -0.05) is 42.4 Å². The Bertz CT molecular complexity index is 894. The van der Waals surface area contributed by atoms with Crippen LogP contribution in [0.1, 0.15) is 19.2 Å². The zero-order valence-electron chi connectivity index (χ0n) is 16.2. The second kappa shape index (κ2) is 9.03. The second-order valence-electron chi connectivity index (χ2n) is 6.26. The number of hydrogen-bond acceptors (Lipinski definition) is 6. The normalized spacial score (nSPS) is 11.7. The van der Waals surface area contributed by atoms with Crippen molar-refractivity contribution >= 4 is 5.91 Å². The van der Waals surface area contributed by atoms with Gasteiger partial charge in [-0.25, -0.2) is 0 Å². The predicted octanol–water partition coefficient (Wildman–Crippen LogP) is 3.56. The number of carbonyl (C=O) groups excluding carboxylic acids is 1. The molecule has 2 aromatic carbocycles. The van der Waals surface area contributed by atoms with Gasteiger partial charge in [0.15, 0.2) is 6.10 Å². The average molecular weight is 381 g/mol. The Labute approximate surface area is 163 Å². The number of nitrogens with zero attached hydrogens (tertiary/aromatic N) is 3. The first-order chi connectivity index (χ1) is 13.6. The third-order valence-corrected chi connectivity index (χ3v) is 4.23. The van der Waals surface area contributed by atoms with Gasteiger partial charge in [-0.05, 0) is 30.7 Å². The minimum absolute atomic E-state index is 0.155. The van der Waals surface area contributed by atoms with Crippen LogP contribution in [0.4, 0.5) is 0 Å². The summed E-state index contributed by atoms with van der Waals surface area (Å²) in [5.41, 5.74) is 0.862. The molecule has 0 bridgehead atoms. The summed E-state index contributed by atoms with van der Waals surface area (Å²) in [7, 11) is 3.29. The Hall–Kier alpha value is -3.35. The standard InChI is InChI=1S/C21H23N3O4/c1-4-18(27-17-12-10-16(26-3)11-13-17)21(25)24(2)14-19-22-20(23-28-19)15-8-6-5-7-9-15/h5-13,18H,4,14H2,1-3H3. The largest absolute Gasteiger partial charge is 0.497 e. The predicted molar refractivity (Wildman–Crippen MR) is 104 cm³/mol. The monoisotopic (exact) mass is 381 g/mol. The zero-order chi connectivity index (χ0) is 19.9. The van der Waals surface area contributed by atoms with Crippen molar-refractivity contribution in [3.05, 3.63) is 60.5 Å². The Balaban J connectivity index is 1.63. The molecule has 1 heterocycles. The molecule has 1 atom stereocenters. The molecule has 3 rings (SSSR count). The van der Waals surface area contributed by atoms with E-state index in [1.807, 2.05) is 37.3 Å². The molecule has 0 aliphatic rings. The van der Waals surface area contributed by atoms with E-state index in [-0.39, 0.29) is 12.5 Å². The number of aromatic nitrogens is 2. The SMILES string of the molecule is CCC(Oc1ccc(OC)cc1)C(=O)N(C)Cc1nc(-c2ccccc2)no1. The van der Waals surface area contributed by atoms with Crippen molar-refractivity contribution in [2.45, 2.75) is 26.0 Å². The molecular weight excluding hydrogens is 358 g/mol. The Morgan fingerprint density at radius 1 is 1.11 bits per heavy atom. The lowest BCUT2D eigenvalue weighted by Crippen LogP contribution is -2.39. The fourth-order valence-electron chi connectivity index (χ4n) is 2.68. The van der Waals surface area contributed by atoms with Crippen LogP contribution in [0.2, 0.25) is 0 Å². The van der Waals surface area contributed by atoms with Crippen LogP contribution >= 0.6 is 0 Å². The molecule has 0 aliphatic carbocycles. The summed E-state index contributed by atoms with van der Waals surface area (Å²) in [5.74, 6) is 2.05. The van der Waals surface area contributed by atoms with Crippen LogP contribution in [-0.4, -0.2) is 41.2 Å². The van der Waals surface area contributed by atoms with E-state index in [0.29, 0.717) is 23.9 Å². The molecule has 3 aromatic rings. The third kappa shape index (κ3) is 4.68. The van der Waals surface area contributed by atoms with Gasteiger partial charge in [0.1, 0.15) is 11.5 Å². The van der Waals surface area contributed by atoms with E-state index < -0.39 is 6.10 Å².